The Bertz CT molecular complexity index is 908. The van der Waals surface area contributed by atoms with Gasteiger partial charge in [0.1, 0.15) is 0 Å². The van der Waals surface area contributed by atoms with Crippen LogP contribution >= 0.6 is 23.2 Å². The first-order chi connectivity index (χ1) is 12.8. The van der Waals surface area contributed by atoms with E-state index in [0.717, 1.165) is 48.6 Å². The second kappa shape index (κ2) is 6.13. The summed E-state index contributed by atoms with van der Waals surface area (Å²) in [6.45, 7) is 2.08. The highest BCUT2D eigenvalue weighted by atomic mass is 35.5. The lowest BCUT2D eigenvalue weighted by Gasteiger charge is -2.59. The SMILES string of the molecule is CC(CC(=O)N1C2CC3CC1CC(O)(C3)C2)c1c[nH]c2cc(Cl)cc(Cl)c12. The number of hydrogen-bond acceptors (Lipinski definition) is 2. The molecule has 1 aromatic carbocycles. The number of benzene rings is 1. The van der Waals surface area contributed by atoms with Crippen LogP contribution in [0.1, 0.15) is 56.9 Å². The van der Waals surface area contributed by atoms with Crippen molar-refractivity contribution in [2.24, 2.45) is 5.92 Å². The number of carbonyl (C=O) groups excluding carboxylic acids is 1. The first-order valence-electron chi connectivity index (χ1n) is 9.82. The zero-order valence-electron chi connectivity index (χ0n) is 15.3. The molecule has 2 saturated heterocycles. The third-order valence-electron chi connectivity index (χ3n) is 6.92. The molecule has 4 nitrogen and oxygen atoms in total. The number of carbonyl (C=O) groups is 1. The molecule has 4 aliphatic rings. The van der Waals surface area contributed by atoms with Gasteiger partial charge in [-0.3, -0.25) is 4.79 Å². The van der Waals surface area contributed by atoms with E-state index < -0.39 is 5.60 Å². The molecule has 3 heterocycles. The van der Waals surface area contributed by atoms with Crippen LogP contribution in [-0.4, -0.2) is 38.6 Å². The number of amides is 1. The second-order valence-electron chi connectivity index (χ2n) is 8.94. The van der Waals surface area contributed by atoms with Crippen LogP contribution in [0.15, 0.2) is 18.3 Å². The largest absolute Gasteiger partial charge is 0.390 e. The summed E-state index contributed by atoms with van der Waals surface area (Å²) >= 11 is 12.5. The molecular weight excluding hydrogens is 383 g/mol. The Balaban J connectivity index is 1.37. The van der Waals surface area contributed by atoms with E-state index in [4.69, 9.17) is 23.2 Å². The van der Waals surface area contributed by atoms with Crippen molar-refractivity contribution < 1.29 is 9.90 Å². The van der Waals surface area contributed by atoms with Gasteiger partial charge in [0.15, 0.2) is 0 Å². The van der Waals surface area contributed by atoms with E-state index in [1.807, 2.05) is 12.3 Å². The van der Waals surface area contributed by atoms with Gasteiger partial charge in [-0.05, 0) is 61.6 Å². The summed E-state index contributed by atoms with van der Waals surface area (Å²) in [5.74, 6) is 0.857. The summed E-state index contributed by atoms with van der Waals surface area (Å²) in [6, 6.07) is 4.04. The van der Waals surface area contributed by atoms with Crippen molar-refractivity contribution in [3.8, 4) is 0 Å². The lowest BCUT2D eigenvalue weighted by Crippen LogP contribution is -2.65. The van der Waals surface area contributed by atoms with E-state index in [2.05, 4.69) is 16.8 Å². The molecule has 6 heteroatoms. The number of nitrogens with one attached hydrogen (secondary N) is 1. The van der Waals surface area contributed by atoms with Crippen molar-refractivity contribution >= 4 is 40.0 Å². The summed E-state index contributed by atoms with van der Waals surface area (Å²) in [4.78, 5) is 18.5. The molecule has 2 aliphatic carbocycles. The Labute approximate surface area is 168 Å². The maximum atomic E-state index is 13.2. The first kappa shape index (κ1) is 17.8. The number of aromatic amines is 1. The fourth-order valence-electron chi connectivity index (χ4n) is 6.07. The van der Waals surface area contributed by atoms with Crippen LogP contribution in [0, 0.1) is 5.92 Å². The topological polar surface area (TPSA) is 56.3 Å². The van der Waals surface area contributed by atoms with Crippen LogP contribution in [0.5, 0.6) is 0 Å². The number of piperidine rings is 2. The quantitative estimate of drug-likeness (QED) is 0.763. The standard InChI is InChI=1S/C21H24Cl2N2O2/c1-11(16-10-24-18-6-13(22)5-17(23)20(16)18)2-19(26)25-14-3-12-4-15(25)9-21(27,7-12)8-14/h5-6,10-12,14-15,24,27H,2-4,7-9H2,1H3. The Hall–Kier alpha value is -1.23. The van der Waals surface area contributed by atoms with Crippen molar-refractivity contribution in [3.63, 3.8) is 0 Å². The van der Waals surface area contributed by atoms with Gasteiger partial charge in [0.2, 0.25) is 5.91 Å². The molecule has 4 bridgehead atoms. The maximum absolute atomic E-state index is 13.2. The zero-order valence-corrected chi connectivity index (χ0v) is 16.9. The highest BCUT2D eigenvalue weighted by Gasteiger charge is 2.54. The van der Waals surface area contributed by atoms with Crippen LogP contribution in [0.4, 0.5) is 0 Å². The fraction of sp³-hybridized carbons (Fsp3) is 0.571. The van der Waals surface area contributed by atoms with E-state index in [0.29, 0.717) is 22.4 Å². The molecule has 144 valence electrons. The van der Waals surface area contributed by atoms with Gasteiger partial charge in [-0.2, -0.15) is 0 Å². The average molecular weight is 407 g/mol. The molecule has 2 aliphatic heterocycles. The second-order valence-corrected chi connectivity index (χ2v) is 9.79. The van der Waals surface area contributed by atoms with E-state index in [9.17, 15) is 9.90 Å². The van der Waals surface area contributed by atoms with Gasteiger partial charge in [-0.15, -0.1) is 0 Å². The lowest BCUT2D eigenvalue weighted by molar-refractivity contribution is -0.174. The number of aliphatic hydroxyl groups is 1. The third-order valence-corrected chi connectivity index (χ3v) is 7.44. The van der Waals surface area contributed by atoms with Crippen molar-refractivity contribution in [2.75, 3.05) is 0 Å². The molecule has 1 aromatic heterocycles. The van der Waals surface area contributed by atoms with Crippen LogP contribution in [0.2, 0.25) is 10.0 Å². The van der Waals surface area contributed by atoms with E-state index >= 15 is 0 Å². The smallest absolute Gasteiger partial charge is 0.223 e. The molecule has 2 aromatic rings. The number of hydrogen-bond donors (Lipinski definition) is 2. The molecule has 6 rings (SSSR count). The summed E-state index contributed by atoms with van der Waals surface area (Å²) < 4.78 is 0. The van der Waals surface area contributed by atoms with E-state index in [-0.39, 0.29) is 23.9 Å². The summed E-state index contributed by atoms with van der Waals surface area (Å²) in [7, 11) is 0. The van der Waals surface area contributed by atoms with Gasteiger partial charge in [0.25, 0.3) is 0 Å². The van der Waals surface area contributed by atoms with Gasteiger partial charge in [-0.1, -0.05) is 30.1 Å². The predicted molar refractivity (Wildman–Crippen MR) is 107 cm³/mol. The van der Waals surface area contributed by atoms with Crippen molar-refractivity contribution in [1.29, 1.82) is 0 Å². The van der Waals surface area contributed by atoms with E-state index in [1.165, 1.54) is 0 Å². The van der Waals surface area contributed by atoms with Gasteiger partial charge in [0, 0.05) is 40.6 Å². The minimum atomic E-state index is -0.525. The number of aromatic nitrogens is 1. The number of halogens is 2. The van der Waals surface area contributed by atoms with Crippen LogP contribution < -0.4 is 0 Å². The number of fused-ring (bicyclic) bond motifs is 1. The number of H-pyrrole nitrogens is 1. The Kier molecular flexibility index (Phi) is 4.05. The number of nitrogens with zero attached hydrogens (tertiary/aromatic N) is 1. The van der Waals surface area contributed by atoms with Gasteiger partial charge < -0.3 is 15.0 Å². The molecule has 4 fully saturated rings. The third kappa shape index (κ3) is 2.88. The highest BCUT2D eigenvalue weighted by molar-refractivity contribution is 6.38. The van der Waals surface area contributed by atoms with Gasteiger partial charge >= 0.3 is 0 Å². The minimum Gasteiger partial charge on any atom is -0.390 e. The molecule has 3 atom stereocenters. The van der Waals surface area contributed by atoms with Crippen molar-refractivity contribution in [3.05, 3.63) is 33.9 Å². The van der Waals surface area contributed by atoms with Crippen molar-refractivity contribution in [1.82, 2.24) is 9.88 Å². The molecule has 0 radical (unpaired) electrons. The number of rotatable bonds is 3. The monoisotopic (exact) mass is 406 g/mol. The van der Waals surface area contributed by atoms with Gasteiger partial charge in [-0.25, -0.2) is 0 Å². The van der Waals surface area contributed by atoms with E-state index in [1.54, 1.807) is 6.07 Å². The lowest BCUT2D eigenvalue weighted by atomic mass is 9.61. The zero-order chi connectivity index (χ0) is 18.9. The first-order valence-corrected chi connectivity index (χ1v) is 10.6. The summed E-state index contributed by atoms with van der Waals surface area (Å²) in [6.07, 6.45) is 6.93. The molecule has 3 unspecified atom stereocenters. The Morgan fingerprint density at radius 3 is 2.67 bits per heavy atom. The Morgan fingerprint density at radius 1 is 1.30 bits per heavy atom. The molecule has 2 saturated carbocycles. The summed E-state index contributed by atoms with van der Waals surface area (Å²) in [5.41, 5.74) is 1.44. The molecule has 0 spiro atoms. The molecule has 27 heavy (non-hydrogen) atoms. The van der Waals surface area contributed by atoms with Gasteiger partial charge in [0.05, 0.1) is 10.6 Å². The molecular formula is C21H24Cl2N2O2. The minimum absolute atomic E-state index is 0.0604. The van der Waals surface area contributed by atoms with Crippen molar-refractivity contribution in [2.45, 2.75) is 69.1 Å². The average Bonchev–Trinajstić information content (AvgIpc) is 2.96. The highest BCUT2D eigenvalue weighted by Crippen LogP contribution is 2.51. The summed E-state index contributed by atoms with van der Waals surface area (Å²) in [5, 5.41) is 12.9. The predicted octanol–water partition coefficient (Wildman–Crippen LogP) is 4.87. The van der Waals surface area contributed by atoms with Crippen LogP contribution in [-0.2, 0) is 4.79 Å². The fourth-order valence-corrected chi connectivity index (χ4v) is 6.67. The normalized spacial score (nSPS) is 33.0. The van der Waals surface area contributed by atoms with Crippen LogP contribution in [0.3, 0.4) is 0 Å². The maximum Gasteiger partial charge on any atom is 0.223 e. The molecule has 2 N–H and O–H groups in total. The van der Waals surface area contributed by atoms with Crippen LogP contribution in [0.25, 0.3) is 10.9 Å². The molecule has 1 amide bonds. The Morgan fingerprint density at radius 2 is 2.00 bits per heavy atom.